The Balaban J connectivity index is 1.99. The molecule has 0 aliphatic heterocycles. The maximum atomic E-state index is 12.2. The largest absolute Gasteiger partial charge is 0.444 e. The average Bonchev–Trinajstić information content (AvgIpc) is 2.52. The van der Waals surface area contributed by atoms with Crippen LogP contribution >= 0.6 is 0 Å². The third-order valence-electron chi connectivity index (χ3n) is 4.91. The fourth-order valence-corrected chi connectivity index (χ4v) is 3.63. The maximum absolute atomic E-state index is 12.2. The minimum Gasteiger partial charge on any atom is -0.444 e. The van der Waals surface area contributed by atoms with Crippen molar-refractivity contribution >= 4 is 6.09 Å². The molecule has 4 nitrogen and oxygen atoms in total. The Hall–Kier alpha value is -1.55. The second-order valence-corrected chi connectivity index (χ2v) is 8.52. The molecule has 0 spiro atoms. The van der Waals surface area contributed by atoms with Crippen LogP contribution in [0.15, 0.2) is 30.3 Å². The molecule has 2 N–H and O–H groups in total. The fourth-order valence-electron chi connectivity index (χ4n) is 3.63. The van der Waals surface area contributed by atoms with Crippen LogP contribution in [-0.2, 0) is 4.74 Å². The van der Waals surface area contributed by atoms with Crippen LogP contribution in [-0.4, -0.2) is 24.3 Å². The molecule has 1 aliphatic carbocycles. The fraction of sp³-hybridized carbons (Fsp3) is 0.667. The molecule has 2 rings (SSSR count). The Labute approximate surface area is 152 Å². The highest BCUT2D eigenvalue weighted by molar-refractivity contribution is 5.68. The van der Waals surface area contributed by atoms with Crippen molar-refractivity contribution in [1.29, 1.82) is 0 Å². The number of hydrogen-bond acceptors (Lipinski definition) is 3. The van der Waals surface area contributed by atoms with Gasteiger partial charge in [0.15, 0.2) is 0 Å². The van der Waals surface area contributed by atoms with Crippen LogP contribution in [0, 0.1) is 11.8 Å². The van der Waals surface area contributed by atoms with Gasteiger partial charge < -0.3 is 15.4 Å². The van der Waals surface area contributed by atoms with Gasteiger partial charge in [-0.3, -0.25) is 0 Å². The topological polar surface area (TPSA) is 50.4 Å². The predicted molar refractivity (Wildman–Crippen MR) is 103 cm³/mol. The summed E-state index contributed by atoms with van der Waals surface area (Å²) in [5.41, 5.74) is 0.602. The Kier molecular flexibility index (Phi) is 6.88. The Morgan fingerprint density at radius 2 is 1.88 bits per heavy atom. The highest BCUT2D eigenvalue weighted by Crippen LogP contribution is 2.29. The summed E-state index contributed by atoms with van der Waals surface area (Å²) < 4.78 is 5.44. The summed E-state index contributed by atoms with van der Waals surface area (Å²) in [6.07, 6.45) is 3.38. The van der Waals surface area contributed by atoms with Gasteiger partial charge in [0, 0.05) is 12.6 Å². The molecular formula is C21H34N2O2. The molecule has 4 heteroatoms. The molecule has 0 saturated heterocycles. The third-order valence-corrected chi connectivity index (χ3v) is 4.91. The molecule has 1 aromatic rings. The van der Waals surface area contributed by atoms with Gasteiger partial charge in [0.25, 0.3) is 0 Å². The zero-order chi connectivity index (χ0) is 18.4. The van der Waals surface area contributed by atoms with E-state index < -0.39 is 5.60 Å². The second-order valence-electron chi connectivity index (χ2n) is 8.52. The number of alkyl carbamates (subject to hydrolysis) is 1. The van der Waals surface area contributed by atoms with Crippen molar-refractivity contribution in [2.24, 2.45) is 11.8 Å². The summed E-state index contributed by atoms with van der Waals surface area (Å²) in [5.74, 6) is 1.49. The van der Waals surface area contributed by atoms with E-state index in [2.05, 4.69) is 36.6 Å². The second kappa shape index (κ2) is 8.70. The van der Waals surface area contributed by atoms with Gasteiger partial charge >= 0.3 is 6.09 Å². The summed E-state index contributed by atoms with van der Waals surface area (Å²) >= 11 is 0. The lowest BCUT2D eigenvalue weighted by Gasteiger charge is -2.34. The van der Waals surface area contributed by atoms with Crippen LogP contribution in [0.4, 0.5) is 4.79 Å². The van der Waals surface area contributed by atoms with Crippen molar-refractivity contribution in [1.82, 2.24) is 10.6 Å². The van der Waals surface area contributed by atoms with Crippen molar-refractivity contribution in [3.63, 3.8) is 0 Å². The van der Waals surface area contributed by atoms with E-state index in [1.807, 2.05) is 39.0 Å². The molecule has 1 saturated carbocycles. The average molecular weight is 347 g/mol. The summed E-state index contributed by atoms with van der Waals surface area (Å²) in [7, 11) is 0. The van der Waals surface area contributed by atoms with E-state index in [0.29, 0.717) is 18.5 Å². The molecule has 140 valence electrons. The summed E-state index contributed by atoms with van der Waals surface area (Å²) in [4.78, 5) is 12.2. The van der Waals surface area contributed by atoms with E-state index >= 15 is 0 Å². The first-order valence-electron chi connectivity index (χ1n) is 9.52. The number of rotatable bonds is 5. The summed E-state index contributed by atoms with van der Waals surface area (Å²) in [6.45, 7) is 11.0. The van der Waals surface area contributed by atoms with E-state index in [1.165, 1.54) is 19.3 Å². The smallest absolute Gasteiger partial charge is 0.408 e. The van der Waals surface area contributed by atoms with Gasteiger partial charge in [0.1, 0.15) is 5.60 Å². The van der Waals surface area contributed by atoms with Crippen LogP contribution in [0.2, 0.25) is 0 Å². The number of carbonyl (C=O) groups excluding carboxylic acids is 1. The van der Waals surface area contributed by atoms with Gasteiger partial charge in [-0.2, -0.15) is 0 Å². The van der Waals surface area contributed by atoms with Crippen LogP contribution in [0.5, 0.6) is 0 Å². The molecule has 0 heterocycles. The van der Waals surface area contributed by atoms with Crippen LogP contribution in [0.1, 0.15) is 65.5 Å². The number of ether oxygens (including phenoxy) is 1. The van der Waals surface area contributed by atoms with Crippen LogP contribution in [0.25, 0.3) is 0 Å². The number of amides is 1. The van der Waals surface area contributed by atoms with Gasteiger partial charge in [-0.1, -0.05) is 44.2 Å². The minimum absolute atomic E-state index is 0.0948. The molecule has 4 atom stereocenters. The van der Waals surface area contributed by atoms with Gasteiger partial charge in [-0.05, 0) is 57.4 Å². The standard InChI is InChI=1S/C21H34N2O2/c1-15-11-12-18(16(2)13-15)22-14-19(17-9-7-6-8-10-17)23-20(24)25-21(3,4)5/h6-10,15-16,18-19,22H,11-14H2,1-5H3,(H,23,24). The summed E-state index contributed by atoms with van der Waals surface area (Å²) in [6, 6.07) is 10.5. The number of carbonyl (C=O) groups is 1. The molecular weight excluding hydrogens is 312 g/mol. The number of nitrogens with one attached hydrogen (secondary N) is 2. The third kappa shape index (κ3) is 6.69. The van der Waals surface area contributed by atoms with Crippen molar-refractivity contribution in [2.75, 3.05) is 6.54 Å². The number of benzene rings is 1. The van der Waals surface area contributed by atoms with Gasteiger partial charge in [0.05, 0.1) is 6.04 Å². The summed E-state index contributed by atoms with van der Waals surface area (Å²) in [5, 5.41) is 6.72. The van der Waals surface area contributed by atoms with Crippen molar-refractivity contribution in [3.8, 4) is 0 Å². The van der Waals surface area contributed by atoms with Crippen molar-refractivity contribution in [2.45, 2.75) is 71.6 Å². The van der Waals surface area contributed by atoms with E-state index in [4.69, 9.17) is 4.74 Å². The van der Waals surface area contributed by atoms with E-state index in [9.17, 15) is 4.79 Å². The maximum Gasteiger partial charge on any atom is 0.408 e. The lowest BCUT2D eigenvalue weighted by molar-refractivity contribution is 0.0501. The monoisotopic (exact) mass is 346 g/mol. The molecule has 1 aliphatic rings. The zero-order valence-corrected chi connectivity index (χ0v) is 16.3. The molecule has 4 unspecified atom stereocenters. The van der Waals surface area contributed by atoms with E-state index in [1.54, 1.807) is 0 Å². The lowest BCUT2D eigenvalue weighted by Crippen LogP contribution is -2.45. The van der Waals surface area contributed by atoms with E-state index in [-0.39, 0.29) is 12.1 Å². The van der Waals surface area contributed by atoms with Crippen LogP contribution in [0.3, 0.4) is 0 Å². The molecule has 0 aromatic heterocycles. The van der Waals surface area contributed by atoms with Gasteiger partial charge in [0.2, 0.25) is 0 Å². The first-order valence-corrected chi connectivity index (χ1v) is 9.52. The highest BCUT2D eigenvalue weighted by atomic mass is 16.6. The molecule has 1 fully saturated rings. The SMILES string of the molecule is CC1CCC(NCC(NC(=O)OC(C)(C)C)c2ccccc2)C(C)C1. The van der Waals surface area contributed by atoms with Gasteiger partial charge in [-0.25, -0.2) is 4.79 Å². The highest BCUT2D eigenvalue weighted by Gasteiger charge is 2.26. The molecule has 1 aromatic carbocycles. The van der Waals surface area contributed by atoms with Crippen molar-refractivity contribution in [3.05, 3.63) is 35.9 Å². The zero-order valence-electron chi connectivity index (χ0n) is 16.3. The van der Waals surface area contributed by atoms with Crippen molar-refractivity contribution < 1.29 is 9.53 Å². The normalized spacial score (nSPS) is 25.2. The lowest BCUT2D eigenvalue weighted by atomic mass is 9.80. The van der Waals surface area contributed by atoms with Crippen LogP contribution < -0.4 is 10.6 Å². The number of hydrogen-bond donors (Lipinski definition) is 2. The predicted octanol–water partition coefficient (Wildman–Crippen LogP) is 4.67. The van der Waals surface area contributed by atoms with Gasteiger partial charge in [-0.15, -0.1) is 0 Å². The molecule has 0 bridgehead atoms. The minimum atomic E-state index is -0.493. The quantitative estimate of drug-likeness (QED) is 0.815. The molecule has 0 radical (unpaired) electrons. The Bertz CT molecular complexity index is 539. The molecule has 25 heavy (non-hydrogen) atoms. The Morgan fingerprint density at radius 1 is 1.20 bits per heavy atom. The Morgan fingerprint density at radius 3 is 2.48 bits per heavy atom. The van der Waals surface area contributed by atoms with E-state index in [0.717, 1.165) is 11.5 Å². The molecule has 1 amide bonds. The first kappa shape index (κ1) is 19.8. The first-order chi connectivity index (χ1) is 11.7.